The first-order valence-electron chi connectivity index (χ1n) is 6.34. The van der Waals surface area contributed by atoms with Crippen LogP contribution in [0.5, 0.6) is 0 Å². The Labute approximate surface area is 122 Å². The molecule has 2 aromatic rings. The summed E-state index contributed by atoms with van der Waals surface area (Å²) < 4.78 is 12.8. The molecule has 2 rings (SSSR count). The molecule has 2 nitrogen and oxygen atoms in total. The molecule has 0 saturated carbocycles. The Balaban J connectivity index is 1.95. The van der Waals surface area contributed by atoms with Crippen LogP contribution < -0.4 is 5.32 Å². The molecule has 0 heterocycles. The van der Waals surface area contributed by atoms with Gasteiger partial charge in [0, 0.05) is 5.02 Å². The van der Waals surface area contributed by atoms with E-state index in [4.69, 9.17) is 11.6 Å². The van der Waals surface area contributed by atoms with Gasteiger partial charge in [-0.15, -0.1) is 0 Å². The Morgan fingerprint density at radius 1 is 1.25 bits per heavy atom. The molecule has 1 unspecified atom stereocenters. The second kappa shape index (κ2) is 6.53. The van der Waals surface area contributed by atoms with E-state index in [0.29, 0.717) is 5.02 Å². The summed E-state index contributed by atoms with van der Waals surface area (Å²) in [6.45, 7) is 1.90. The number of hydrogen-bond acceptors (Lipinski definition) is 1. The molecule has 0 aromatic heterocycles. The summed E-state index contributed by atoms with van der Waals surface area (Å²) in [5, 5.41) is 3.54. The maximum atomic E-state index is 12.8. The highest BCUT2D eigenvalue weighted by Gasteiger charge is 2.10. The van der Waals surface area contributed by atoms with Crippen LogP contribution in [0, 0.1) is 5.82 Å². The van der Waals surface area contributed by atoms with E-state index in [0.717, 1.165) is 11.1 Å². The van der Waals surface area contributed by atoms with Crippen molar-refractivity contribution in [2.75, 3.05) is 0 Å². The third-order valence-corrected chi connectivity index (χ3v) is 3.24. The molecular formula is C16H15ClFNO. The van der Waals surface area contributed by atoms with Gasteiger partial charge in [0.1, 0.15) is 5.82 Å². The standard InChI is InChI=1S/C16H15ClFNO/c1-11(13-3-2-4-14(17)10-13)19-16(20)9-12-5-7-15(18)8-6-12/h2-8,10-11H,9H2,1H3,(H,19,20). The first-order valence-corrected chi connectivity index (χ1v) is 6.71. The molecule has 0 fully saturated rings. The predicted molar refractivity (Wildman–Crippen MR) is 78.1 cm³/mol. The van der Waals surface area contributed by atoms with Crippen molar-refractivity contribution in [3.63, 3.8) is 0 Å². The Hall–Kier alpha value is -1.87. The molecule has 0 aliphatic heterocycles. The van der Waals surface area contributed by atoms with E-state index in [1.165, 1.54) is 12.1 Å². The average Bonchev–Trinajstić information content (AvgIpc) is 2.41. The van der Waals surface area contributed by atoms with Crippen LogP contribution in [0.2, 0.25) is 5.02 Å². The number of carbonyl (C=O) groups excluding carboxylic acids is 1. The van der Waals surface area contributed by atoms with E-state index in [1.54, 1.807) is 18.2 Å². The molecule has 0 radical (unpaired) electrons. The minimum Gasteiger partial charge on any atom is -0.349 e. The fourth-order valence-electron chi connectivity index (χ4n) is 1.94. The van der Waals surface area contributed by atoms with Crippen molar-refractivity contribution in [3.05, 3.63) is 70.5 Å². The first kappa shape index (κ1) is 14.5. The van der Waals surface area contributed by atoms with Crippen LogP contribution in [0.3, 0.4) is 0 Å². The van der Waals surface area contributed by atoms with Crippen molar-refractivity contribution in [2.45, 2.75) is 19.4 Å². The van der Waals surface area contributed by atoms with Gasteiger partial charge >= 0.3 is 0 Å². The maximum Gasteiger partial charge on any atom is 0.224 e. The number of amides is 1. The molecule has 0 spiro atoms. The molecule has 4 heteroatoms. The van der Waals surface area contributed by atoms with Crippen molar-refractivity contribution in [1.29, 1.82) is 0 Å². The van der Waals surface area contributed by atoms with Crippen molar-refractivity contribution in [1.82, 2.24) is 5.32 Å². The number of carbonyl (C=O) groups is 1. The van der Waals surface area contributed by atoms with E-state index < -0.39 is 0 Å². The van der Waals surface area contributed by atoms with Crippen molar-refractivity contribution in [2.24, 2.45) is 0 Å². The molecule has 20 heavy (non-hydrogen) atoms. The van der Waals surface area contributed by atoms with Crippen molar-refractivity contribution in [3.8, 4) is 0 Å². The summed E-state index contributed by atoms with van der Waals surface area (Å²) >= 11 is 5.92. The van der Waals surface area contributed by atoms with Gasteiger partial charge in [0.15, 0.2) is 0 Å². The van der Waals surface area contributed by atoms with Gasteiger partial charge in [-0.05, 0) is 42.3 Å². The third-order valence-electron chi connectivity index (χ3n) is 3.00. The normalized spacial score (nSPS) is 11.9. The lowest BCUT2D eigenvalue weighted by Gasteiger charge is -2.14. The van der Waals surface area contributed by atoms with Gasteiger partial charge in [0.2, 0.25) is 5.91 Å². The number of benzene rings is 2. The molecule has 0 aliphatic rings. The van der Waals surface area contributed by atoms with Gasteiger partial charge in [-0.3, -0.25) is 4.79 Å². The second-order valence-electron chi connectivity index (χ2n) is 4.65. The molecular weight excluding hydrogens is 277 g/mol. The van der Waals surface area contributed by atoms with Crippen LogP contribution in [0.15, 0.2) is 48.5 Å². The Kier molecular flexibility index (Phi) is 4.74. The Bertz CT molecular complexity index is 598. The summed E-state index contributed by atoms with van der Waals surface area (Å²) in [7, 11) is 0. The van der Waals surface area contributed by atoms with Crippen molar-refractivity contribution < 1.29 is 9.18 Å². The largest absolute Gasteiger partial charge is 0.349 e. The van der Waals surface area contributed by atoms with Crippen LogP contribution >= 0.6 is 11.6 Å². The lowest BCUT2D eigenvalue weighted by atomic mass is 10.1. The van der Waals surface area contributed by atoms with Crippen LogP contribution in [-0.2, 0) is 11.2 Å². The minimum absolute atomic E-state index is 0.107. The number of rotatable bonds is 4. The molecule has 104 valence electrons. The third kappa shape index (κ3) is 4.07. The Morgan fingerprint density at radius 2 is 1.95 bits per heavy atom. The zero-order chi connectivity index (χ0) is 14.5. The monoisotopic (exact) mass is 291 g/mol. The van der Waals surface area contributed by atoms with Crippen LogP contribution in [-0.4, -0.2) is 5.91 Å². The van der Waals surface area contributed by atoms with E-state index in [9.17, 15) is 9.18 Å². The van der Waals surface area contributed by atoms with Crippen LogP contribution in [0.1, 0.15) is 24.1 Å². The average molecular weight is 292 g/mol. The zero-order valence-electron chi connectivity index (χ0n) is 11.1. The lowest BCUT2D eigenvalue weighted by Crippen LogP contribution is -2.28. The topological polar surface area (TPSA) is 29.1 Å². The molecule has 2 aromatic carbocycles. The molecule has 0 bridgehead atoms. The van der Waals surface area contributed by atoms with Gasteiger partial charge in [-0.1, -0.05) is 35.9 Å². The highest BCUT2D eigenvalue weighted by atomic mass is 35.5. The summed E-state index contributed by atoms with van der Waals surface area (Å²) in [5.74, 6) is -0.412. The summed E-state index contributed by atoms with van der Waals surface area (Å²) in [5.41, 5.74) is 1.73. The van der Waals surface area contributed by atoms with E-state index in [2.05, 4.69) is 5.32 Å². The quantitative estimate of drug-likeness (QED) is 0.909. The minimum atomic E-state index is -0.304. The smallest absolute Gasteiger partial charge is 0.224 e. The van der Waals surface area contributed by atoms with Gasteiger partial charge in [0.05, 0.1) is 12.5 Å². The highest BCUT2D eigenvalue weighted by molar-refractivity contribution is 6.30. The Morgan fingerprint density at radius 3 is 2.60 bits per heavy atom. The fraction of sp³-hybridized carbons (Fsp3) is 0.188. The zero-order valence-corrected chi connectivity index (χ0v) is 11.8. The molecule has 0 saturated heterocycles. The maximum absolute atomic E-state index is 12.8. The number of halogens is 2. The SMILES string of the molecule is CC(NC(=O)Cc1ccc(F)cc1)c1cccc(Cl)c1. The first-order chi connectivity index (χ1) is 9.54. The number of hydrogen-bond donors (Lipinski definition) is 1. The second-order valence-corrected chi connectivity index (χ2v) is 5.08. The van der Waals surface area contributed by atoms with Gasteiger partial charge < -0.3 is 5.32 Å². The van der Waals surface area contributed by atoms with Gasteiger partial charge in [-0.25, -0.2) is 4.39 Å². The molecule has 0 aliphatic carbocycles. The molecule has 1 atom stereocenters. The number of nitrogens with one attached hydrogen (secondary N) is 1. The molecule has 1 N–H and O–H groups in total. The van der Waals surface area contributed by atoms with Gasteiger partial charge in [-0.2, -0.15) is 0 Å². The molecule has 1 amide bonds. The van der Waals surface area contributed by atoms with E-state index >= 15 is 0 Å². The summed E-state index contributed by atoms with van der Waals surface area (Å²) in [6.07, 6.45) is 0.227. The predicted octanol–water partition coefficient (Wildman–Crippen LogP) is 3.90. The fourth-order valence-corrected chi connectivity index (χ4v) is 2.14. The van der Waals surface area contributed by atoms with E-state index in [1.807, 2.05) is 25.1 Å². The van der Waals surface area contributed by atoms with Crippen LogP contribution in [0.25, 0.3) is 0 Å². The van der Waals surface area contributed by atoms with Gasteiger partial charge in [0.25, 0.3) is 0 Å². The van der Waals surface area contributed by atoms with Crippen LogP contribution in [0.4, 0.5) is 4.39 Å². The lowest BCUT2D eigenvalue weighted by molar-refractivity contribution is -0.121. The van der Waals surface area contributed by atoms with Crippen molar-refractivity contribution >= 4 is 17.5 Å². The summed E-state index contributed by atoms with van der Waals surface area (Å²) in [6, 6.07) is 13.2. The highest BCUT2D eigenvalue weighted by Crippen LogP contribution is 2.17. The van der Waals surface area contributed by atoms with E-state index in [-0.39, 0.29) is 24.2 Å². The summed E-state index contributed by atoms with van der Waals surface area (Å²) in [4.78, 5) is 11.9.